The first-order valence-corrected chi connectivity index (χ1v) is 19.2. The molecule has 4 aromatic rings. The van der Waals surface area contributed by atoms with Gasteiger partial charge < -0.3 is 29.2 Å². The molecule has 9 heteroatoms. The third-order valence-electron chi connectivity index (χ3n) is 8.26. The summed E-state index contributed by atoms with van der Waals surface area (Å²) in [4.78, 5) is 31.9. The van der Waals surface area contributed by atoms with E-state index in [0.717, 1.165) is 47.9 Å². The molecule has 4 rings (SSSR count). The lowest BCUT2D eigenvalue weighted by atomic mass is 10.1. The highest BCUT2D eigenvalue weighted by Gasteiger charge is 2.08. The number of hydrogen-bond acceptors (Lipinski definition) is 7. The lowest BCUT2D eigenvalue weighted by molar-refractivity contribution is 0.0962. The van der Waals surface area contributed by atoms with Crippen molar-refractivity contribution >= 4 is 18.5 Å². The molecule has 0 heterocycles. The van der Waals surface area contributed by atoms with Crippen LogP contribution in [0.2, 0.25) is 0 Å². The Hall–Kier alpha value is -5.31. The number of carboxylic acid groups (broad SMARTS) is 2. The van der Waals surface area contributed by atoms with Gasteiger partial charge in [0.2, 0.25) is 0 Å². The molecule has 0 saturated carbocycles. The summed E-state index contributed by atoms with van der Waals surface area (Å²) in [7, 11) is 0. The van der Waals surface area contributed by atoms with Gasteiger partial charge in [-0.15, -0.1) is 0 Å². The molecule has 0 amide bonds. The van der Waals surface area contributed by atoms with Gasteiger partial charge in [0.15, 0.2) is 0 Å². The van der Waals surface area contributed by atoms with Gasteiger partial charge in [-0.25, -0.2) is 14.4 Å². The molecule has 54 heavy (non-hydrogen) atoms. The van der Waals surface area contributed by atoms with Crippen LogP contribution in [0, 0.1) is 0 Å². The van der Waals surface area contributed by atoms with Crippen LogP contribution in [0.15, 0.2) is 109 Å². The molecule has 2 N–H and O–H groups in total. The summed E-state index contributed by atoms with van der Waals surface area (Å²) in [5.74, 6) is 1.01. The van der Waals surface area contributed by atoms with E-state index in [2.05, 4.69) is 13.8 Å². The summed E-state index contributed by atoms with van der Waals surface area (Å²) in [6, 6.07) is 35.1. The summed E-state index contributed by atoms with van der Waals surface area (Å²) < 4.78 is 20.7. The van der Waals surface area contributed by atoms with E-state index in [1.54, 1.807) is 24.3 Å². The Balaban J connectivity index is 0.000000340. The number of hydrogen-bond donors (Lipinski definition) is 2. The number of benzene rings is 4. The maximum atomic E-state index is 11.7. The van der Waals surface area contributed by atoms with Gasteiger partial charge in [-0.2, -0.15) is 0 Å². The van der Waals surface area contributed by atoms with Crippen molar-refractivity contribution in [3.63, 3.8) is 0 Å². The number of rotatable bonds is 20. The molecule has 9 nitrogen and oxygen atoms in total. The predicted octanol–water partition coefficient (Wildman–Crippen LogP) is 13.5. The van der Waals surface area contributed by atoms with Gasteiger partial charge in [0.1, 0.15) is 11.5 Å². The molecule has 0 saturated heterocycles. The molecule has 0 aliphatic heterocycles. The lowest BCUT2D eigenvalue weighted by Crippen LogP contribution is -2.11. The van der Waals surface area contributed by atoms with Crippen molar-refractivity contribution in [2.45, 2.75) is 104 Å². The van der Waals surface area contributed by atoms with E-state index in [9.17, 15) is 9.59 Å². The van der Waals surface area contributed by atoms with Crippen molar-refractivity contribution in [2.24, 2.45) is 0 Å². The van der Waals surface area contributed by atoms with Crippen molar-refractivity contribution < 1.29 is 43.5 Å². The number of unbranched alkanes of at least 4 members (excludes halogenated alkanes) is 12. The van der Waals surface area contributed by atoms with Gasteiger partial charge in [0.05, 0.1) is 13.2 Å². The largest absolute Gasteiger partial charge is 0.513 e. The summed E-state index contributed by atoms with van der Waals surface area (Å²) >= 11 is 0. The molecule has 0 unspecified atom stereocenters. The quantitative estimate of drug-likeness (QED) is 0.0516. The van der Waals surface area contributed by atoms with Crippen LogP contribution in [0.1, 0.15) is 104 Å². The molecular weight excluding hydrogens is 684 g/mol. The van der Waals surface area contributed by atoms with Crippen LogP contribution in [0.4, 0.5) is 14.4 Å². The molecule has 0 fully saturated rings. The summed E-state index contributed by atoms with van der Waals surface area (Å²) in [5.41, 5.74) is 4.44. The highest BCUT2D eigenvalue weighted by molar-refractivity contribution is 5.68. The third kappa shape index (κ3) is 21.9. The van der Waals surface area contributed by atoms with Crippen molar-refractivity contribution in [3.8, 4) is 33.8 Å². The fourth-order valence-electron chi connectivity index (χ4n) is 5.37. The van der Waals surface area contributed by atoms with Gasteiger partial charge in [-0.3, -0.25) is 0 Å². The minimum Gasteiger partial charge on any atom is -0.450 e. The molecule has 4 aromatic carbocycles. The second-order valence-electron chi connectivity index (χ2n) is 12.7. The number of carbonyl (C=O) groups is 3. The standard InChI is InChI=1S/2C22H28O3.CH2O3/c2*1-2-3-4-5-6-7-11-18-24-22(23)25-21-16-14-20(15-17-21)19-12-9-8-10-13-19;2-1(3)4/h2*8-10,12-17H,2-7,11,18H2,1H3;(H2,2,3,4). The van der Waals surface area contributed by atoms with Gasteiger partial charge in [-0.1, -0.05) is 176 Å². The molecular formula is C45H58O9. The van der Waals surface area contributed by atoms with Gasteiger partial charge in [0, 0.05) is 0 Å². The fourth-order valence-corrected chi connectivity index (χ4v) is 5.37. The third-order valence-corrected chi connectivity index (χ3v) is 8.26. The highest BCUT2D eigenvalue weighted by Crippen LogP contribution is 2.23. The summed E-state index contributed by atoms with van der Waals surface area (Å²) in [6.45, 7) is 5.28. The van der Waals surface area contributed by atoms with E-state index in [4.69, 9.17) is 34.0 Å². The second-order valence-corrected chi connectivity index (χ2v) is 12.7. The summed E-state index contributed by atoms with van der Waals surface area (Å²) in [6.07, 6.45) is 13.6. The van der Waals surface area contributed by atoms with Crippen LogP contribution in [-0.4, -0.2) is 41.9 Å². The molecule has 0 radical (unpaired) electrons. The Morgan fingerprint density at radius 3 is 1.00 bits per heavy atom. The fraction of sp³-hybridized carbons (Fsp3) is 0.400. The van der Waals surface area contributed by atoms with Crippen molar-refractivity contribution in [1.29, 1.82) is 0 Å². The van der Waals surface area contributed by atoms with Crippen LogP contribution in [-0.2, 0) is 9.47 Å². The summed E-state index contributed by atoms with van der Waals surface area (Å²) in [5, 5.41) is 13.9. The SMILES string of the molecule is CCCCCCCCCOC(=O)Oc1ccc(-c2ccccc2)cc1.CCCCCCCCCOC(=O)Oc1ccc(-c2ccccc2)cc1.O=C(O)O. The first-order chi connectivity index (χ1) is 26.3. The van der Waals surface area contributed by atoms with E-state index in [0.29, 0.717) is 24.7 Å². The van der Waals surface area contributed by atoms with Crippen LogP contribution < -0.4 is 9.47 Å². The van der Waals surface area contributed by atoms with Crippen LogP contribution in [0.3, 0.4) is 0 Å². The average Bonchev–Trinajstić information content (AvgIpc) is 3.18. The predicted molar refractivity (Wildman–Crippen MR) is 214 cm³/mol. The smallest absolute Gasteiger partial charge is 0.450 e. The van der Waals surface area contributed by atoms with Crippen LogP contribution in [0.25, 0.3) is 22.3 Å². The van der Waals surface area contributed by atoms with Gasteiger partial charge >= 0.3 is 18.5 Å². The molecule has 0 aliphatic carbocycles. The first kappa shape index (κ1) is 44.8. The van der Waals surface area contributed by atoms with E-state index in [1.165, 1.54) is 64.2 Å². The van der Waals surface area contributed by atoms with E-state index in [1.807, 2.05) is 84.9 Å². The average molecular weight is 743 g/mol. The topological polar surface area (TPSA) is 129 Å². The molecule has 0 spiro atoms. The highest BCUT2D eigenvalue weighted by atomic mass is 16.7. The van der Waals surface area contributed by atoms with Crippen molar-refractivity contribution in [1.82, 2.24) is 0 Å². The number of carbonyl (C=O) groups excluding carboxylic acids is 2. The Morgan fingerprint density at radius 1 is 0.407 bits per heavy atom. The molecule has 0 aliphatic rings. The number of ether oxygens (including phenoxy) is 4. The second kappa shape index (κ2) is 29.2. The molecule has 0 atom stereocenters. The van der Waals surface area contributed by atoms with E-state index < -0.39 is 18.5 Å². The Bertz CT molecular complexity index is 1420. The Kier molecular flexibility index (Phi) is 24.2. The van der Waals surface area contributed by atoms with Crippen LogP contribution in [0.5, 0.6) is 11.5 Å². The molecule has 292 valence electrons. The molecule has 0 aromatic heterocycles. The molecule has 0 bridgehead atoms. The minimum atomic E-state index is -1.83. The Morgan fingerprint density at radius 2 is 0.685 bits per heavy atom. The van der Waals surface area contributed by atoms with E-state index in [-0.39, 0.29) is 0 Å². The maximum Gasteiger partial charge on any atom is 0.513 e. The van der Waals surface area contributed by atoms with E-state index >= 15 is 0 Å². The Labute approximate surface area is 321 Å². The monoisotopic (exact) mass is 742 g/mol. The zero-order valence-corrected chi connectivity index (χ0v) is 32.0. The first-order valence-electron chi connectivity index (χ1n) is 19.2. The van der Waals surface area contributed by atoms with Gasteiger partial charge in [-0.05, 0) is 59.4 Å². The normalized spacial score (nSPS) is 10.1. The van der Waals surface area contributed by atoms with Gasteiger partial charge in [0.25, 0.3) is 0 Å². The zero-order chi connectivity index (χ0) is 39.1. The minimum absolute atomic E-state index is 0.425. The maximum absolute atomic E-state index is 11.7. The zero-order valence-electron chi connectivity index (χ0n) is 32.0. The van der Waals surface area contributed by atoms with Crippen molar-refractivity contribution in [3.05, 3.63) is 109 Å². The lowest BCUT2D eigenvalue weighted by Gasteiger charge is -2.07. The van der Waals surface area contributed by atoms with Crippen molar-refractivity contribution in [2.75, 3.05) is 13.2 Å². The van der Waals surface area contributed by atoms with Crippen LogP contribution >= 0.6 is 0 Å².